The van der Waals surface area contributed by atoms with Gasteiger partial charge in [-0.2, -0.15) is 5.10 Å². The lowest BCUT2D eigenvalue weighted by Gasteiger charge is -2.35. The van der Waals surface area contributed by atoms with Crippen molar-refractivity contribution in [3.8, 4) is 5.75 Å². The Morgan fingerprint density at radius 3 is 2.75 bits per heavy atom. The highest BCUT2D eigenvalue weighted by Gasteiger charge is 2.41. The van der Waals surface area contributed by atoms with Gasteiger partial charge in [0, 0.05) is 30.3 Å². The van der Waals surface area contributed by atoms with E-state index in [2.05, 4.69) is 10.2 Å². The number of Topliss-reactive ketones (excluding diaryl/α,β-unsaturated/α-hetero) is 1. The predicted octanol–water partition coefficient (Wildman–Crippen LogP) is 3.99. The van der Waals surface area contributed by atoms with Gasteiger partial charge < -0.3 is 9.64 Å². The number of ether oxygens (including phenoxy) is 1. The van der Waals surface area contributed by atoms with Gasteiger partial charge in [0.2, 0.25) is 0 Å². The Hall–Kier alpha value is -4.33. The molecule has 2 heterocycles. The molecule has 36 heavy (non-hydrogen) atoms. The number of aromatic amines is 1. The van der Waals surface area contributed by atoms with Crippen LogP contribution in [0.4, 0.5) is 4.39 Å². The van der Waals surface area contributed by atoms with E-state index in [1.54, 1.807) is 42.3 Å². The van der Waals surface area contributed by atoms with Crippen molar-refractivity contribution < 1.29 is 18.7 Å². The van der Waals surface area contributed by atoms with Crippen molar-refractivity contribution in [1.29, 1.82) is 0 Å². The molecule has 4 aromatic rings. The molecule has 1 aromatic heterocycles. The summed E-state index contributed by atoms with van der Waals surface area (Å²) < 4.78 is 20.3. The molecule has 2 aliphatic rings. The number of carbonyl (C=O) groups is 2. The number of aromatic nitrogens is 2. The summed E-state index contributed by atoms with van der Waals surface area (Å²) >= 11 is 0. The fourth-order valence-electron chi connectivity index (χ4n) is 5.43. The SMILES string of the molecule is COc1cc2c3c(c1)C(=O)CC3N(C(=O)c1cc(Cc3n[nH]c(=O)c4ccccc34)ccc1F)CC2. The molecule has 0 saturated heterocycles. The van der Waals surface area contributed by atoms with Crippen LogP contribution in [0.3, 0.4) is 0 Å². The topological polar surface area (TPSA) is 92.4 Å². The number of H-pyrrole nitrogens is 1. The number of carbonyl (C=O) groups excluding carboxylic acids is 2. The van der Waals surface area contributed by atoms with Gasteiger partial charge in [-0.05, 0) is 53.4 Å². The van der Waals surface area contributed by atoms with Crippen molar-refractivity contribution in [2.75, 3.05) is 13.7 Å². The molecule has 1 amide bonds. The van der Waals surface area contributed by atoms with Crippen LogP contribution in [0.5, 0.6) is 5.75 Å². The summed E-state index contributed by atoms with van der Waals surface area (Å²) in [4.78, 5) is 40.1. The van der Waals surface area contributed by atoms with Crippen LogP contribution in [0.2, 0.25) is 0 Å². The van der Waals surface area contributed by atoms with Gasteiger partial charge in [-0.1, -0.05) is 24.3 Å². The summed E-state index contributed by atoms with van der Waals surface area (Å²) in [5.74, 6) is -0.478. The third-order valence-electron chi connectivity index (χ3n) is 7.15. The molecule has 1 N–H and O–H groups in total. The summed E-state index contributed by atoms with van der Waals surface area (Å²) in [7, 11) is 1.56. The molecule has 6 rings (SSSR count). The summed E-state index contributed by atoms with van der Waals surface area (Å²) in [5, 5.41) is 7.93. The molecule has 180 valence electrons. The number of rotatable bonds is 4. The van der Waals surface area contributed by atoms with E-state index in [0.29, 0.717) is 52.7 Å². The third-order valence-corrected chi connectivity index (χ3v) is 7.15. The predicted molar refractivity (Wildman–Crippen MR) is 131 cm³/mol. The average molecular weight is 483 g/mol. The first-order valence-corrected chi connectivity index (χ1v) is 11.7. The summed E-state index contributed by atoms with van der Waals surface area (Å²) in [6, 6.07) is 14.8. The fourth-order valence-corrected chi connectivity index (χ4v) is 5.43. The zero-order chi connectivity index (χ0) is 25.0. The molecule has 7 nitrogen and oxygen atoms in total. The lowest BCUT2D eigenvalue weighted by atomic mass is 9.92. The van der Waals surface area contributed by atoms with Crippen molar-refractivity contribution in [3.05, 3.63) is 104 Å². The van der Waals surface area contributed by atoms with Gasteiger partial charge in [0.05, 0.1) is 29.8 Å². The van der Waals surface area contributed by atoms with E-state index in [0.717, 1.165) is 11.1 Å². The van der Waals surface area contributed by atoms with E-state index in [9.17, 15) is 18.8 Å². The van der Waals surface area contributed by atoms with Gasteiger partial charge in [0.25, 0.3) is 11.5 Å². The normalized spacial score (nSPS) is 16.3. The molecule has 1 aliphatic heterocycles. The highest BCUT2D eigenvalue weighted by atomic mass is 19.1. The lowest BCUT2D eigenvalue weighted by Crippen LogP contribution is -2.39. The lowest BCUT2D eigenvalue weighted by molar-refractivity contribution is 0.0650. The minimum Gasteiger partial charge on any atom is -0.497 e. The van der Waals surface area contributed by atoms with Crippen LogP contribution < -0.4 is 10.3 Å². The number of ketones is 1. The van der Waals surface area contributed by atoms with Crippen molar-refractivity contribution in [3.63, 3.8) is 0 Å². The highest BCUT2D eigenvalue weighted by Crippen LogP contribution is 2.43. The monoisotopic (exact) mass is 483 g/mol. The number of fused-ring (bicyclic) bond motifs is 1. The molecule has 0 radical (unpaired) electrons. The Labute approximate surface area is 205 Å². The van der Waals surface area contributed by atoms with Crippen molar-refractivity contribution in [2.45, 2.75) is 25.3 Å². The minimum atomic E-state index is -0.617. The summed E-state index contributed by atoms with van der Waals surface area (Å²) in [5.41, 5.74) is 3.42. The number of hydrogen-bond acceptors (Lipinski definition) is 5. The summed E-state index contributed by atoms with van der Waals surface area (Å²) in [6.07, 6.45) is 1.05. The smallest absolute Gasteiger partial charge is 0.272 e. The Morgan fingerprint density at radius 2 is 1.94 bits per heavy atom. The minimum absolute atomic E-state index is 0.0416. The van der Waals surface area contributed by atoms with Crippen molar-refractivity contribution in [2.24, 2.45) is 0 Å². The molecule has 0 saturated carbocycles. The number of benzene rings is 3. The molecular formula is C28H22FN3O4. The number of nitrogens with zero attached hydrogens (tertiary/aromatic N) is 2. The standard InChI is InChI=1S/C28H22FN3O4/c1-36-17-12-16-8-9-32(24-14-25(33)21(13-17)26(16)24)28(35)20-10-15(6-7-22(20)29)11-23-18-4-2-3-5-19(18)27(34)31-30-23/h2-7,10,12-13,24H,8-9,11,14H2,1H3,(H,31,34). The van der Waals surface area contributed by atoms with Crippen LogP contribution >= 0.6 is 0 Å². The second-order valence-electron chi connectivity index (χ2n) is 9.18. The van der Waals surface area contributed by atoms with Crippen LogP contribution in [-0.2, 0) is 12.8 Å². The Morgan fingerprint density at radius 1 is 1.14 bits per heavy atom. The third kappa shape index (κ3) is 3.48. The van der Waals surface area contributed by atoms with Crippen LogP contribution in [0, 0.1) is 5.82 Å². The van der Waals surface area contributed by atoms with E-state index in [4.69, 9.17) is 4.74 Å². The van der Waals surface area contributed by atoms with E-state index in [-0.39, 0.29) is 23.3 Å². The number of amides is 1. The van der Waals surface area contributed by atoms with E-state index < -0.39 is 17.8 Å². The quantitative estimate of drug-likeness (QED) is 0.474. The van der Waals surface area contributed by atoms with Crippen LogP contribution in [-0.4, -0.2) is 40.4 Å². The largest absolute Gasteiger partial charge is 0.497 e. The Kier molecular flexibility index (Phi) is 5.17. The first kappa shape index (κ1) is 22.2. The zero-order valence-electron chi connectivity index (χ0n) is 19.5. The Bertz CT molecular complexity index is 1630. The molecule has 0 bridgehead atoms. The molecule has 3 aromatic carbocycles. The van der Waals surface area contributed by atoms with E-state index in [1.807, 2.05) is 18.2 Å². The fraction of sp³-hybridized carbons (Fsp3) is 0.214. The Balaban J connectivity index is 1.34. The summed E-state index contributed by atoms with van der Waals surface area (Å²) in [6.45, 7) is 0.381. The molecular weight excluding hydrogens is 461 g/mol. The van der Waals surface area contributed by atoms with Gasteiger partial charge in [0.1, 0.15) is 11.6 Å². The molecule has 8 heteroatoms. The molecule has 1 unspecified atom stereocenters. The second kappa shape index (κ2) is 8.41. The molecule has 0 fully saturated rings. The van der Waals surface area contributed by atoms with E-state index in [1.165, 1.54) is 6.07 Å². The van der Waals surface area contributed by atoms with Crippen molar-refractivity contribution >= 4 is 22.5 Å². The number of hydrogen-bond donors (Lipinski definition) is 1. The molecule has 0 spiro atoms. The number of nitrogens with one attached hydrogen (secondary N) is 1. The van der Waals surface area contributed by atoms with E-state index >= 15 is 0 Å². The van der Waals surface area contributed by atoms with Crippen LogP contribution in [0.1, 0.15) is 55.6 Å². The van der Waals surface area contributed by atoms with Crippen LogP contribution in [0.15, 0.2) is 59.4 Å². The van der Waals surface area contributed by atoms with Gasteiger partial charge in [-0.25, -0.2) is 9.49 Å². The van der Waals surface area contributed by atoms with Crippen molar-refractivity contribution in [1.82, 2.24) is 15.1 Å². The maximum atomic E-state index is 14.9. The maximum absolute atomic E-state index is 14.9. The van der Waals surface area contributed by atoms with Gasteiger partial charge in [0.15, 0.2) is 5.78 Å². The second-order valence-corrected chi connectivity index (χ2v) is 9.18. The first-order chi connectivity index (χ1) is 17.4. The van der Waals surface area contributed by atoms with Gasteiger partial charge in [-0.3, -0.25) is 14.4 Å². The zero-order valence-corrected chi connectivity index (χ0v) is 19.5. The van der Waals surface area contributed by atoms with Gasteiger partial charge >= 0.3 is 0 Å². The highest BCUT2D eigenvalue weighted by molar-refractivity contribution is 6.04. The number of methoxy groups -OCH3 is 1. The van der Waals surface area contributed by atoms with Gasteiger partial charge in [-0.15, -0.1) is 0 Å². The number of halogens is 1. The molecule has 1 atom stereocenters. The average Bonchev–Trinajstić information content (AvgIpc) is 3.23. The first-order valence-electron chi connectivity index (χ1n) is 11.7. The van der Waals surface area contributed by atoms with Crippen LogP contribution in [0.25, 0.3) is 10.8 Å². The molecule has 1 aliphatic carbocycles. The maximum Gasteiger partial charge on any atom is 0.272 e.